The molecule has 0 spiro atoms. The number of carbonyl (C=O) groups excluding carboxylic acids is 3. The Morgan fingerprint density at radius 3 is 2.75 bits per heavy atom. The van der Waals surface area contributed by atoms with Crippen LogP contribution in [0.2, 0.25) is 0 Å². The number of rotatable bonds is 8. The van der Waals surface area contributed by atoms with Gasteiger partial charge >= 0.3 is 6.09 Å². The Balaban J connectivity index is 1.75. The van der Waals surface area contributed by atoms with E-state index in [9.17, 15) is 14.4 Å². The number of hydrogen-bond donors (Lipinski definition) is 2. The third kappa shape index (κ3) is 6.58. The van der Waals surface area contributed by atoms with Crippen molar-refractivity contribution in [2.75, 3.05) is 13.1 Å². The molecule has 8 nitrogen and oxygen atoms in total. The van der Waals surface area contributed by atoms with Gasteiger partial charge in [-0.15, -0.1) is 0 Å². The molecule has 2 rings (SSSR count). The predicted molar refractivity (Wildman–Crippen MR) is 102 cm³/mol. The minimum absolute atomic E-state index is 0.185. The van der Waals surface area contributed by atoms with Gasteiger partial charge < -0.3 is 20.3 Å². The first-order valence-corrected chi connectivity index (χ1v) is 9.43. The molecule has 1 aliphatic rings. The number of ether oxygens (including phenoxy) is 1. The zero-order valence-electron chi connectivity index (χ0n) is 16.0. The molecule has 1 aliphatic heterocycles. The van der Waals surface area contributed by atoms with Gasteiger partial charge in [-0.1, -0.05) is 30.3 Å². The van der Waals surface area contributed by atoms with Gasteiger partial charge in [-0.05, 0) is 31.2 Å². The Bertz CT molecular complexity index is 717. The zero-order valence-corrected chi connectivity index (χ0v) is 16.0. The third-order valence-electron chi connectivity index (χ3n) is 4.51. The minimum Gasteiger partial charge on any atom is -0.445 e. The predicted octanol–water partition coefficient (Wildman–Crippen LogP) is 1.71. The molecule has 0 bridgehead atoms. The zero-order chi connectivity index (χ0) is 20.4. The number of hydrogen-bond acceptors (Lipinski definition) is 5. The highest BCUT2D eigenvalue weighted by Gasteiger charge is 2.33. The Morgan fingerprint density at radius 2 is 2.07 bits per heavy atom. The van der Waals surface area contributed by atoms with E-state index in [1.165, 1.54) is 11.8 Å². The third-order valence-corrected chi connectivity index (χ3v) is 4.51. The molecule has 2 atom stereocenters. The lowest BCUT2D eigenvalue weighted by Gasteiger charge is -2.26. The normalized spacial score (nSPS) is 16.7. The molecule has 8 heteroatoms. The van der Waals surface area contributed by atoms with Crippen LogP contribution in [0.3, 0.4) is 0 Å². The number of benzene rings is 1. The van der Waals surface area contributed by atoms with Gasteiger partial charge in [0, 0.05) is 20.0 Å². The molecule has 0 radical (unpaired) electrons. The molecule has 1 aromatic carbocycles. The van der Waals surface area contributed by atoms with Crippen molar-refractivity contribution in [1.82, 2.24) is 15.5 Å². The van der Waals surface area contributed by atoms with Crippen LogP contribution in [0.1, 0.15) is 38.2 Å². The van der Waals surface area contributed by atoms with E-state index in [0.29, 0.717) is 32.4 Å². The van der Waals surface area contributed by atoms with Crippen molar-refractivity contribution in [3.8, 4) is 6.07 Å². The lowest BCUT2D eigenvalue weighted by Crippen LogP contribution is -2.49. The quantitative estimate of drug-likeness (QED) is 0.661. The Kier molecular flexibility index (Phi) is 8.28. The van der Waals surface area contributed by atoms with Crippen LogP contribution in [0.5, 0.6) is 0 Å². The van der Waals surface area contributed by atoms with E-state index in [0.717, 1.165) is 12.0 Å². The van der Waals surface area contributed by atoms with Crippen LogP contribution in [0.25, 0.3) is 0 Å². The molecule has 2 N–H and O–H groups in total. The molecule has 1 saturated heterocycles. The number of nitrogens with one attached hydrogen (secondary N) is 2. The first kappa shape index (κ1) is 21.2. The largest absolute Gasteiger partial charge is 0.445 e. The van der Waals surface area contributed by atoms with Gasteiger partial charge in [0.25, 0.3) is 0 Å². The summed E-state index contributed by atoms with van der Waals surface area (Å²) in [7, 11) is 0. The highest BCUT2D eigenvalue weighted by atomic mass is 16.5. The van der Waals surface area contributed by atoms with Crippen LogP contribution in [0, 0.1) is 11.3 Å². The van der Waals surface area contributed by atoms with Crippen molar-refractivity contribution >= 4 is 17.9 Å². The summed E-state index contributed by atoms with van der Waals surface area (Å²) < 4.78 is 5.13. The summed E-state index contributed by atoms with van der Waals surface area (Å²) >= 11 is 0. The van der Waals surface area contributed by atoms with E-state index in [1.54, 1.807) is 0 Å². The second-order valence-corrected chi connectivity index (χ2v) is 6.70. The van der Waals surface area contributed by atoms with Crippen LogP contribution in [-0.2, 0) is 20.9 Å². The molecule has 1 aromatic rings. The maximum atomic E-state index is 12.7. The fourth-order valence-corrected chi connectivity index (χ4v) is 3.14. The van der Waals surface area contributed by atoms with Gasteiger partial charge in [0.2, 0.25) is 11.8 Å². The second-order valence-electron chi connectivity index (χ2n) is 6.70. The number of nitriles is 1. The fraction of sp³-hybridized carbons (Fsp3) is 0.500. The first-order valence-electron chi connectivity index (χ1n) is 9.43. The van der Waals surface area contributed by atoms with E-state index in [4.69, 9.17) is 10.00 Å². The minimum atomic E-state index is -0.700. The lowest BCUT2D eigenvalue weighted by molar-refractivity contribution is -0.136. The standard InChI is InChI=1S/C20H26N4O4/c1-15(25)23-18(19(26)24-12-6-9-17(24)13-21)10-5-11-22-20(27)28-14-16-7-3-2-4-8-16/h2-4,7-8,17-18H,5-6,9-12,14H2,1H3,(H,22,27)(H,23,25)/t17-,18-/m0/s1. The summed E-state index contributed by atoms with van der Waals surface area (Å²) in [4.78, 5) is 37.4. The number of likely N-dealkylation sites (tertiary alicyclic amines) is 1. The number of alkyl carbamates (subject to hydrolysis) is 1. The van der Waals surface area contributed by atoms with Crippen LogP contribution in [0.4, 0.5) is 4.79 Å². The van der Waals surface area contributed by atoms with Crippen molar-refractivity contribution in [1.29, 1.82) is 5.26 Å². The SMILES string of the molecule is CC(=O)N[C@@H](CCCNC(=O)OCc1ccccc1)C(=O)N1CCC[C@H]1C#N. The van der Waals surface area contributed by atoms with E-state index in [1.807, 2.05) is 30.3 Å². The number of carbonyl (C=O) groups is 3. The van der Waals surface area contributed by atoms with Crippen molar-refractivity contribution in [3.05, 3.63) is 35.9 Å². The summed E-state index contributed by atoms with van der Waals surface area (Å²) in [5, 5.41) is 14.5. The van der Waals surface area contributed by atoms with Crippen molar-refractivity contribution in [3.63, 3.8) is 0 Å². The summed E-state index contributed by atoms with van der Waals surface area (Å²) in [5.74, 6) is -0.549. The number of nitrogens with zero attached hydrogens (tertiary/aromatic N) is 2. The summed E-state index contributed by atoms with van der Waals surface area (Å²) in [5.41, 5.74) is 0.895. The van der Waals surface area contributed by atoms with Gasteiger partial charge in [0.05, 0.1) is 6.07 Å². The highest BCUT2D eigenvalue weighted by molar-refractivity contribution is 5.87. The van der Waals surface area contributed by atoms with Gasteiger partial charge in [-0.2, -0.15) is 5.26 Å². The Labute approximate surface area is 164 Å². The summed E-state index contributed by atoms with van der Waals surface area (Å²) in [6.07, 6.45) is 1.76. The molecule has 150 valence electrons. The highest BCUT2D eigenvalue weighted by Crippen LogP contribution is 2.18. The van der Waals surface area contributed by atoms with Gasteiger partial charge in [0.1, 0.15) is 18.7 Å². The average Bonchev–Trinajstić information content (AvgIpc) is 3.17. The van der Waals surface area contributed by atoms with Crippen molar-refractivity contribution in [2.45, 2.75) is 51.3 Å². The molecular weight excluding hydrogens is 360 g/mol. The van der Waals surface area contributed by atoms with E-state index < -0.39 is 18.2 Å². The lowest BCUT2D eigenvalue weighted by atomic mass is 10.1. The molecule has 3 amide bonds. The van der Waals surface area contributed by atoms with Crippen molar-refractivity contribution < 1.29 is 19.1 Å². The van der Waals surface area contributed by atoms with E-state index >= 15 is 0 Å². The smallest absolute Gasteiger partial charge is 0.407 e. The maximum Gasteiger partial charge on any atom is 0.407 e. The topological polar surface area (TPSA) is 112 Å². The van der Waals surface area contributed by atoms with Crippen LogP contribution < -0.4 is 10.6 Å². The van der Waals surface area contributed by atoms with Crippen LogP contribution in [-0.4, -0.2) is 48.0 Å². The van der Waals surface area contributed by atoms with Gasteiger partial charge in [-0.25, -0.2) is 4.79 Å². The molecule has 0 unspecified atom stereocenters. The van der Waals surface area contributed by atoms with Gasteiger partial charge in [-0.3, -0.25) is 9.59 Å². The van der Waals surface area contributed by atoms with Crippen LogP contribution >= 0.6 is 0 Å². The van der Waals surface area contributed by atoms with E-state index in [-0.39, 0.29) is 18.4 Å². The number of amides is 3. The Hall–Kier alpha value is -3.08. The maximum absolute atomic E-state index is 12.7. The monoisotopic (exact) mass is 386 g/mol. The molecule has 0 aromatic heterocycles. The second kappa shape index (κ2) is 10.9. The molecule has 1 fully saturated rings. The van der Waals surface area contributed by atoms with Crippen LogP contribution in [0.15, 0.2) is 30.3 Å². The molecule has 0 aliphatic carbocycles. The molecule has 1 heterocycles. The van der Waals surface area contributed by atoms with E-state index in [2.05, 4.69) is 16.7 Å². The molecular formula is C20H26N4O4. The Morgan fingerprint density at radius 1 is 1.32 bits per heavy atom. The summed E-state index contributed by atoms with van der Waals surface area (Å²) in [6, 6.07) is 10.3. The summed E-state index contributed by atoms with van der Waals surface area (Å²) in [6.45, 7) is 2.38. The molecule has 0 saturated carbocycles. The fourth-order valence-electron chi connectivity index (χ4n) is 3.14. The average molecular weight is 386 g/mol. The first-order chi connectivity index (χ1) is 13.5. The molecule has 28 heavy (non-hydrogen) atoms. The van der Waals surface area contributed by atoms with Gasteiger partial charge in [0.15, 0.2) is 0 Å². The van der Waals surface area contributed by atoms with Crippen molar-refractivity contribution in [2.24, 2.45) is 0 Å².